The third kappa shape index (κ3) is 4.84. The van der Waals surface area contributed by atoms with E-state index < -0.39 is 0 Å². The molecule has 0 amide bonds. The summed E-state index contributed by atoms with van der Waals surface area (Å²) in [6.07, 6.45) is 0. The molecule has 1 aromatic heterocycles. The van der Waals surface area contributed by atoms with Gasteiger partial charge in [-0.3, -0.25) is 4.79 Å². The molecule has 0 saturated heterocycles. The summed E-state index contributed by atoms with van der Waals surface area (Å²) in [5.74, 6) is 1.33. The molecule has 3 aromatic rings. The van der Waals surface area contributed by atoms with Crippen LogP contribution in [0.5, 0.6) is 11.6 Å². The number of nitrogens with zero attached hydrogens (tertiary/aromatic N) is 2. The van der Waals surface area contributed by atoms with Crippen molar-refractivity contribution in [1.82, 2.24) is 9.97 Å². The number of carbonyl (C=O) groups is 1. The molecule has 2 aromatic carbocycles. The number of hydrogen-bond acceptors (Lipinski definition) is 5. The highest BCUT2D eigenvalue weighted by molar-refractivity contribution is 7.99. The molecular weight excluding hydrogens is 368 g/mol. The molecule has 26 heavy (non-hydrogen) atoms. The van der Waals surface area contributed by atoms with Gasteiger partial charge in [-0.2, -0.15) is 4.98 Å². The molecule has 0 N–H and O–H groups in total. The zero-order valence-electron chi connectivity index (χ0n) is 14.4. The third-order valence-electron chi connectivity index (χ3n) is 3.60. The van der Waals surface area contributed by atoms with Crippen molar-refractivity contribution < 1.29 is 9.53 Å². The number of rotatable bonds is 6. The van der Waals surface area contributed by atoms with E-state index in [1.165, 1.54) is 11.8 Å². The van der Waals surface area contributed by atoms with Crippen molar-refractivity contribution in [3.8, 4) is 11.6 Å². The highest BCUT2D eigenvalue weighted by Gasteiger charge is 2.10. The maximum Gasteiger partial charge on any atom is 0.223 e. The van der Waals surface area contributed by atoms with E-state index in [2.05, 4.69) is 9.97 Å². The summed E-state index contributed by atoms with van der Waals surface area (Å²) >= 11 is 7.42. The average molecular weight is 385 g/mol. The zero-order valence-corrected chi connectivity index (χ0v) is 16.0. The van der Waals surface area contributed by atoms with Gasteiger partial charge in [-0.15, -0.1) is 0 Å². The van der Waals surface area contributed by atoms with Gasteiger partial charge in [-0.25, -0.2) is 4.98 Å². The molecule has 0 aliphatic heterocycles. The van der Waals surface area contributed by atoms with Gasteiger partial charge in [0.15, 0.2) is 10.9 Å². The van der Waals surface area contributed by atoms with Crippen molar-refractivity contribution >= 4 is 29.1 Å². The minimum Gasteiger partial charge on any atom is -0.439 e. The predicted octanol–water partition coefficient (Wildman–Crippen LogP) is 5.51. The van der Waals surface area contributed by atoms with Crippen LogP contribution in [0.25, 0.3) is 0 Å². The Bertz CT molecular complexity index is 932. The van der Waals surface area contributed by atoms with Crippen molar-refractivity contribution in [3.05, 3.63) is 76.4 Å². The normalized spacial score (nSPS) is 10.6. The lowest BCUT2D eigenvalue weighted by Crippen LogP contribution is -2.03. The molecule has 0 spiro atoms. The first-order chi connectivity index (χ1) is 12.5. The van der Waals surface area contributed by atoms with Crippen LogP contribution in [0.1, 0.15) is 21.6 Å². The maximum absolute atomic E-state index is 12.2. The zero-order chi connectivity index (χ0) is 18.5. The van der Waals surface area contributed by atoms with E-state index in [9.17, 15) is 4.79 Å². The van der Waals surface area contributed by atoms with Gasteiger partial charge in [0, 0.05) is 22.3 Å². The smallest absolute Gasteiger partial charge is 0.223 e. The predicted molar refractivity (Wildman–Crippen MR) is 105 cm³/mol. The summed E-state index contributed by atoms with van der Waals surface area (Å²) in [5, 5.41) is 1.14. The van der Waals surface area contributed by atoms with Crippen LogP contribution in [0.3, 0.4) is 0 Å². The van der Waals surface area contributed by atoms with E-state index in [1.54, 1.807) is 24.3 Å². The van der Waals surface area contributed by atoms with Gasteiger partial charge >= 0.3 is 0 Å². The van der Waals surface area contributed by atoms with Gasteiger partial charge in [0.1, 0.15) is 5.75 Å². The Morgan fingerprint density at radius 2 is 1.85 bits per heavy atom. The summed E-state index contributed by atoms with van der Waals surface area (Å²) in [5.41, 5.74) is 2.43. The van der Waals surface area contributed by atoms with E-state index >= 15 is 0 Å². The second-order valence-electron chi connectivity index (χ2n) is 5.72. The Morgan fingerprint density at radius 1 is 1.08 bits per heavy atom. The fourth-order valence-corrected chi connectivity index (χ4v) is 3.19. The number of carbonyl (C=O) groups excluding carboxylic acids is 1. The molecule has 3 rings (SSSR count). The van der Waals surface area contributed by atoms with Gasteiger partial charge in [0.05, 0.1) is 5.75 Å². The largest absolute Gasteiger partial charge is 0.439 e. The number of aryl methyl sites for hydroxylation is 2. The average Bonchev–Trinajstić information content (AvgIpc) is 2.63. The minimum absolute atomic E-state index is 0.0356. The number of hydrogen-bond donors (Lipinski definition) is 0. The Kier molecular flexibility index (Phi) is 5.91. The maximum atomic E-state index is 12.2. The monoisotopic (exact) mass is 384 g/mol. The highest BCUT2D eigenvalue weighted by Crippen LogP contribution is 2.27. The van der Waals surface area contributed by atoms with Gasteiger partial charge < -0.3 is 4.74 Å². The molecule has 1 heterocycles. The van der Waals surface area contributed by atoms with E-state index in [-0.39, 0.29) is 11.5 Å². The lowest BCUT2D eigenvalue weighted by atomic mass is 10.2. The minimum atomic E-state index is 0.0356. The fourth-order valence-electron chi connectivity index (χ4n) is 2.23. The lowest BCUT2D eigenvalue weighted by Gasteiger charge is -2.08. The molecule has 0 aliphatic carbocycles. The molecule has 0 radical (unpaired) electrons. The fraction of sp³-hybridized carbons (Fsp3) is 0.150. The van der Waals surface area contributed by atoms with Gasteiger partial charge in [0.25, 0.3) is 0 Å². The molecule has 0 bridgehead atoms. The number of ketones is 1. The number of thioether (sulfide) groups is 1. The second-order valence-corrected chi connectivity index (χ2v) is 7.07. The number of ether oxygens (including phenoxy) is 1. The molecule has 6 heteroatoms. The third-order valence-corrected chi connectivity index (χ3v) is 4.86. The van der Waals surface area contributed by atoms with Crippen molar-refractivity contribution in [3.63, 3.8) is 0 Å². The van der Waals surface area contributed by atoms with Crippen LogP contribution in [0.2, 0.25) is 5.02 Å². The topological polar surface area (TPSA) is 52.1 Å². The van der Waals surface area contributed by atoms with Crippen LogP contribution in [0, 0.1) is 13.8 Å². The Balaban J connectivity index is 1.71. The molecule has 0 fully saturated rings. The summed E-state index contributed by atoms with van der Waals surface area (Å²) in [4.78, 5) is 21.0. The number of aromatic nitrogens is 2. The lowest BCUT2D eigenvalue weighted by molar-refractivity contribution is 0.102. The van der Waals surface area contributed by atoms with Crippen LogP contribution in [-0.4, -0.2) is 21.5 Å². The summed E-state index contributed by atoms with van der Waals surface area (Å²) in [6.45, 7) is 3.79. The summed E-state index contributed by atoms with van der Waals surface area (Å²) in [6, 6.07) is 16.4. The van der Waals surface area contributed by atoms with Crippen LogP contribution in [0.15, 0.2) is 59.8 Å². The molecule has 132 valence electrons. The van der Waals surface area contributed by atoms with Crippen molar-refractivity contribution in [2.45, 2.75) is 19.0 Å². The standard InChI is InChI=1S/C20H17ClN2O2S/c1-13-8-9-16(11-17(13)21)25-19-10-14(2)22-20(23-19)26-12-18(24)15-6-4-3-5-7-15/h3-11H,12H2,1-2H3. The first kappa shape index (κ1) is 18.4. The molecule has 0 aliphatic rings. The van der Waals surface area contributed by atoms with Gasteiger partial charge in [-0.1, -0.05) is 59.8 Å². The van der Waals surface area contributed by atoms with Crippen LogP contribution >= 0.6 is 23.4 Å². The van der Waals surface area contributed by atoms with Gasteiger partial charge in [-0.05, 0) is 31.5 Å². The quantitative estimate of drug-likeness (QED) is 0.318. The molecule has 0 saturated carbocycles. The number of benzene rings is 2. The molecule has 0 unspecified atom stereocenters. The molecule has 0 atom stereocenters. The van der Waals surface area contributed by atoms with Crippen LogP contribution in [-0.2, 0) is 0 Å². The van der Waals surface area contributed by atoms with E-state index in [4.69, 9.17) is 16.3 Å². The van der Waals surface area contributed by atoms with Crippen LogP contribution in [0.4, 0.5) is 0 Å². The number of Topliss-reactive ketones (excluding diaryl/α,β-unsaturated/α-hetero) is 1. The van der Waals surface area contributed by atoms with Crippen molar-refractivity contribution in [1.29, 1.82) is 0 Å². The summed E-state index contributed by atoms with van der Waals surface area (Å²) in [7, 11) is 0. The highest BCUT2D eigenvalue weighted by atomic mass is 35.5. The first-order valence-electron chi connectivity index (χ1n) is 8.02. The van der Waals surface area contributed by atoms with E-state index in [1.807, 2.05) is 44.2 Å². The Labute approximate surface area is 161 Å². The Morgan fingerprint density at radius 3 is 2.58 bits per heavy atom. The Hall–Kier alpha value is -2.37. The second kappa shape index (κ2) is 8.34. The van der Waals surface area contributed by atoms with Gasteiger partial charge in [0.2, 0.25) is 5.88 Å². The SMILES string of the molecule is Cc1cc(Oc2ccc(C)c(Cl)c2)nc(SCC(=O)c2ccccc2)n1. The number of halogens is 1. The van der Waals surface area contributed by atoms with E-state index in [0.29, 0.717) is 27.4 Å². The van der Waals surface area contributed by atoms with E-state index in [0.717, 1.165) is 11.3 Å². The van der Waals surface area contributed by atoms with Crippen molar-refractivity contribution in [2.24, 2.45) is 0 Å². The van der Waals surface area contributed by atoms with Crippen LogP contribution < -0.4 is 4.74 Å². The molecular formula is C20H17ClN2O2S. The summed E-state index contributed by atoms with van der Waals surface area (Å²) < 4.78 is 5.79. The van der Waals surface area contributed by atoms with Crippen molar-refractivity contribution in [2.75, 3.05) is 5.75 Å². The first-order valence-corrected chi connectivity index (χ1v) is 9.38. The molecule has 4 nitrogen and oxygen atoms in total.